The summed E-state index contributed by atoms with van der Waals surface area (Å²) in [6.07, 6.45) is 0.261. The van der Waals surface area contributed by atoms with E-state index in [0.29, 0.717) is 18.6 Å². The molecule has 0 unspecified atom stereocenters. The molecule has 0 aliphatic carbocycles. The molecule has 4 N–H and O–H groups in total. The maximum Gasteiger partial charge on any atom is 0.320 e. The van der Waals surface area contributed by atoms with Crippen LogP contribution in [-0.4, -0.2) is 22.2 Å². The van der Waals surface area contributed by atoms with Gasteiger partial charge in [-0.3, -0.25) is 4.79 Å². The zero-order valence-electron chi connectivity index (χ0n) is 11.9. The van der Waals surface area contributed by atoms with E-state index in [2.05, 4.69) is 90.4 Å². The van der Waals surface area contributed by atoms with Crippen LogP contribution in [0.4, 0.5) is 0 Å². The van der Waals surface area contributed by atoms with E-state index in [1.165, 1.54) is 0 Å². The molecule has 1 atom stereocenters. The third-order valence-electron chi connectivity index (χ3n) is 3.04. The number of nitrogens with two attached hydrogens (primary N) is 1. The molecule has 0 heterocycles. The third-order valence-corrected chi connectivity index (χ3v) is 6.29. The van der Waals surface area contributed by atoms with Gasteiger partial charge in [-0.1, -0.05) is 0 Å². The van der Waals surface area contributed by atoms with Gasteiger partial charge in [0.15, 0.2) is 5.75 Å². The average Bonchev–Trinajstić information content (AvgIpc) is 2.48. The van der Waals surface area contributed by atoms with Gasteiger partial charge in [0.2, 0.25) is 0 Å². The van der Waals surface area contributed by atoms with Gasteiger partial charge in [-0.2, -0.15) is 0 Å². The quantitative estimate of drug-likeness (QED) is 0.390. The van der Waals surface area contributed by atoms with Crippen molar-refractivity contribution in [1.82, 2.24) is 0 Å². The number of hydrogen-bond donors (Lipinski definition) is 3. The highest BCUT2D eigenvalue weighted by atomic mass is 123. The van der Waals surface area contributed by atoms with Crippen LogP contribution in [0.25, 0.3) is 0 Å². The highest BCUT2D eigenvalue weighted by Crippen LogP contribution is 2.36. The Bertz CT molecular complexity index is 751. The van der Waals surface area contributed by atoms with E-state index in [1.54, 1.807) is 12.1 Å². The molecular weight excluding hydrogens is 750 g/mol. The minimum absolute atomic E-state index is 0.242. The lowest BCUT2D eigenvalue weighted by Crippen LogP contribution is -2.32. The third kappa shape index (κ3) is 5.20. The molecule has 128 valence electrons. The number of carboxylic acid groups (broad SMARTS) is 1. The molecule has 0 fully saturated rings. The van der Waals surface area contributed by atoms with Crippen LogP contribution in [0, 0.1) is 14.3 Å². The first-order valence-electron chi connectivity index (χ1n) is 6.51. The molecule has 0 saturated heterocycles. The summed E-state index contributed by atoms with van der Waals surface area (Å²) in [7, 11) is 0. The Hall–Kier alpha value is 0.390. The highest BCUT2D eigenvalue weighted by Gasteiger charge is 2.16. The van der Waals surface area contributed by atoms with E-state index in [-0.39, 0.29) is 12.2 Å². The number of phenols is 1. The van der Waals surface area contributed by atoms with E-state index in [4.69, 9.17) is 15.6 Å². The van der Waals surface area contributed by atoms with Crippen LogP contribution in [-0.2, 0) is 11.2 Å². The van der Waals surface area contributed by atoms with Gasteiger partial charge in [0.25, 0.3) is 0 Å². The predicted molar refractivity (Wildman–Crippen MR) is 125 cm³/mol. The maximum atomic E-state index is 10.9. The fraction of sp³-hybridized carbons (Fsp3) is 0.133. The molecule has 0 bridgehead atoms. The lowest BCUT2D eigenvalue weighted by Gasteiger charge is -2.14. The van der Waals surface area contributed by atoms with Crippen molar-refractivity contribution in [2.75, 3.05) is 0 Å². The molecule has 2 rings (SSSR count). The normalized spacial score (nSPS) is 12.0. The van der Waals surface area contributed by atoms with Crippen LogP contribution in [0.2, 0.25) is 0 Å². The van der Waals surface area contributed by atoms with Crippen LogP contribution in [0.3, 0.4) is 0 Å². The van der Waals surface area contributed by atoms with Crippen molar-refractivity contribution in [3.05, 3.63) is 44.1 Å². The first-order chi connectivity index (χ1) is 11.2. The number of carboxylic acids is 1. The van der Waals surface area contributed by atoms with E-state index >= 15 is 0 Å². The van der Waals surface area contributed by atoms with Crippen LogP contribution in [0.5, 0.6) is 17.2 Å². The topological polar surface area (TPSA) is 92.8 Å². The number of rotatable bonds is 5. The maximum absolute atomic E-state index is 10.9. The monoisotopic (exact) mass is 761 g/mol. The van der Waals surface area contributed by atoms with Crippen molar-refractivity contribution < 1.29 is 19.7 Å². The lowest BCUT2D eigenvalue weighted by molar-refractivity contribution is -0.138. The minimum atomic E-state index is -1.02. The molecule has 0 aliphatic rings. The number of halogens is 4. The Morgan fingerprint density at radius 3 is 2.00 bits per heavy atom. The number of ether oxygens (including phenoxy) is 1. The average molecular weight is 761 g/mol. The van der Waals surface area contributed by atoms with Gasteiger partial charge < -0.3 is 20.7 Å². The fourth-order valence-corrected chi connectivity index (χ4v) is 5.72. The molecule has 0 radical (unpaired) electrons. The van der Waals surface area contributed by atoms with Crippen LogP contribution < -0.4 is 10.5 Å². The molecular formula is C15H11I4NO4. The van der Waals surface area contributed by atoms with Gasteiger partial charge in [-0.05, 0) is 127 Å². The number of hydrogen-bond acceptors (Lipinski definition) is 4. The summed E-state index contributed by atoms with van der Waals surface area (Å²) >= 11 is 8.42. The highest BCUT2D eigenvalue weighted by molar-refractivity contribution is 14.1. The summed E-state index contributed by atoms with van der Waals surface area (Å²) < 4.78 is 9.14. The fourth-order valence-electron chi connectivity index (χ4n) is 1.89. The SMILES string of the molecule is N[C@@H](Cc1cc([123I])c(Oc2cc([123I])c(O)c([123I])c2)c([123I])c1)C(=O)O. The first-order valence-corrected chi connectivity index (χ1v) is 10.8. The van der Waals surface area contributed by atoms with Crippen molar-refractivity contribution in [1.29, 1.82) is 0 Å². The van der Waals surface area contributed by atoms with Crippen LogP contribution in [0.1, 0.15) is 5.56 Å². The summed E-state index contributed by atoms with van der Waals surface area (Å²) in [5.41, 5.74) is 6.44. The Morgan fingerprint density at radius 1 is 1.04 bits per heavy atom. The smallest absolute Gasteiger partial charge is 0.320 e. The molecule has 0 saturated carbocycles. The molecule has 2 aromatic rings. The van der Waals surface area contributed by atoms with Crippen molar-refractivity contribution in [3.63, 3.8) is 0 Å². The summed E-state index contributed by atoms with van der Waals surface area (Å²) in [5.74, 6) is 0.549. The largest absolute Gasteiger partial charge is 0.506 e. The number of carbonyl (C=O) groups is 1. The Kier molecular flexibility index (Phi) is 7.64. The van der Waals surface area contributed by atoms with E-state index in [0.717, 1.165) is 12.7 Å². The number of phenolic OH excluding ortho intramolecular Hbond substituents is 1. The molecule has 0 aliphatic heterocycles. The second kappa shape index (κ2) is 8.85. The Morgan fingerprint density at radius 2 is 1.54 bits per heavy atom. The molecule has 0 aromatic heterocycles. The lowest BCUT2D eigenvalue weighted by atomic mass is 10.1. The standard InChI is InChI=1S/C15H11I4NO4/c16-8-4-7(5-9(17)13(8)21)24-14-10(18)1-6(2-11(14)19)3-12(20)15(22)23/h1-2,4-5,12,21H,3,20H2,(H,22,23)/t12-/m0/s1/i16-4,17-4,18-4,19-4. The molecule has 24 heavy (non-hydrogen) atoms. The molecule has 2 aromatic carbocycles. The van der Waals surface area contributed by atoms with E-state index in [1.807, 2.05) is 12.1 Å². The summed E-state index contributed by atoms with van der Waals surface area (Å²) in [6, 6.07) is 6.34. The second-order valence-electron chi connectivity index (χ2n) is 4.88. The van der Waals surface area contributed by atoms with Gasteiger partial charge in [-0.25, -0.2) is 0 Å². The molecule has 5 nitrogen and oxygen atoms in total. The van der Waals surface area contributed by atoms with E-state index < -0.39 is 12.0 Å². The minimum Gasteiger partial charge on any atom is -0.506 e. The van der Waals surface area contributed by atoms with Crippen LogP contribution >= 0.6 is 90.4 Å². The van der Waals surface area contributed by atoms with Gasteiger partial charge in [0.05, 0.1) is 14.3 Å². The van der Waals surface area contributed by atoms with Gasteiger partial charge in [-0.15, -0.1) is 0 Å². The predicted octanol–water partition coefficient (Wildman–Crippen LogP) is 4.56. The molecule has 0 spiro atoms. The Balaban J connectivity index is 2.30. The first kappa shape index (κ1) is 20.7. The summed E-state index contributed by atoms with van der Waals surface area (Å²) in [5, 5.41) is 18.8. The summed E-state index contributed by atoms with van der Waals surface area (Å²) in [4.78, 5) is 10.9. The number of aromatic hydroxyl groups is 1. The molecule has 0 amide bonds. The van der Waals surface area contributed by atoms with Gasteiger partial charge in [0, 0.05) is 0 Å². The molecule has 9 heteroatoms. The summed E-state index contributed by atoms with van der Waals surface area (Å²) in [6.45, 7) is 0. The Labute approximate surface area is 193 Å². The van der Waals surface area contributed by atoms with Gasteiger partial charge in [0.1, 0.15) is 17.5 Å². The van der Waals surface area contributed by atoms with Crippen molar-refractivity contribution in [2.24, 2.45) is 5.73 Å². The van der Waals surface area contributed by atoms with Gasteiger partial charge >= 0.3 is 5.97 Å². The van der Waals surface area contributed by atoms with Crippen LogP contribution in [0.15, 0.2) is 24.3 Å². The van der Waals surface area contributed by atoms with Crippen molar-refractivity contribution in [2.45, 2.75) is 12.5 Å². The van der Waals surface area contributed by atoms with E-state index in [9.17, 15) is 9.90 Å². The number of aliphatic carboxylic acids is 1. The second-order valence-corrected chi connectivity index (χ2v) is 9.52. The zero-order chi connectivity index (χ0) is 18.0. The van der Waals surface area contributed by atoms with Crippen molar-refractivity contribution in [3.8, 4) is 17.2 Å². The zero-order valence-corrected chi connectivity index (χ0v) is 20.5. The van der Waals surface area contributed by atoms with Crippen molar-refractivity contribution >= 4 is 96.3 Å². The number of benzene rings is 2.